The lowest BCUT2D eigenvalue weighted by atomic mass is 10.1. The van der Waals surface area contributed by atoms with Gasteiger partial charge in [0.15, 0.2) is 11.5 Å². The van der Waals surface area contributed by atoms with Gasteiger partial charge in [-0.05, 0) is 67.9 Å². The molecule has 0 heterocycles. The summed E-state index contributed by atoms with van der Waals surface area (Å²) in [6, 6.07) is 16.6. The van der Waals surface area contributed by atoms with Crippen molar-refractivity contribution in [1.29, 1.82) is 0 Å². The van der Waals surface area contributed by atoms with Crippen LogP contribution in [0, 0.1) is 6.92 Å². The van der Waals surface area contributed by atoms with E-state index >= 15 is 0 Å². The molecule has 0 atom stereocenters. The number of rotatable bonds is 7. The van der Waals surface area contributed by atoms with Crippen molar-refractivity contribution >= 4 is 41.3 Å². The number of hydrazone groups is 1. The highest BCUT2D eigenvalue weighted by molar-refractivity contribution is 6.36. The van der Waals surface area contributed by atoms with Crippen LogP contribution in [0.3, 0.4) is 0 Å². The third-order valence-corrected chi connectivity index (χ3v) is 4.86. The van der Waals surface area contributed by atoms with Crippen molar-refractivity contribution in [3.8, 4) is 11.5 Å². The first kappa shape index (κ1) is 23.3. The molecule has 3 rings (SSSR count). The van der Waals surface area contributed by atoms with Gasteiger partial charge in [-0.3, -0.25) is 4.79 Å². The molecule has 0 aliphatic carbocycles. The lowest BCUT2D eigenvalue weighted by molar-refractivity contribution is 0.0728. The SMILES string of the molecule is CCOc1cc(/C=N\NC(=O)c2ccc(C)cc2)ccc1OC(=O)c1ccc(Cl)cc1Cl. The first-order valence-corrected chi connectivity index (χ1v) is 10.5. The zero-order chi connectivity index (χ0) is 23.1. The number of nitrogens with zero attached hydrogens (tertiary/aromatic N) is 1. The van der Waals surface area contributed by atoms with E-state index in [0.717, 1.165) is 5.56 Å². The largest absolute Gasteiger partial charge is 0.490 e. The van der Waals surface area contributed by atoms with Crippen molar-refractivity contribution < 1.29 is 19.1 Å². The maximum atomic E-state index is 12.5. The van der Waals surface area contributed by atoms with Gasteiger partial charge in [-0.1, -0.05) is 40.9 Å². The molecule has 0 aromatic heterocycles. The number of nitrogens with one attached hydrogen (secondary N) is 1. The van der Waals surface area contributed by atoms with Crippen molar-refractivity contribution in [1.82, 2.24) is 5.43 Å². The van der Waals surface area contributed by atoms with Gasteiger partial charge in [0.25, 0.3) is 5.91 Å². The Kier molecular flexibility index (Phi) is 7.87. The van der Waals surface area contributed by atoms with Crippen LogP contribution in [0.25, 0.3) is 0 Å². The number of hydrogen-bond donors (Lipinski definition) is 1. The zero-order valence-electron chi connectivity index (χ0n) is 17.4. The Hall–Kier alpha value is -3.35. The lowest BCUT2D eigenvalue weighted by Crippen LogP contribution is -2.17. The topological polar surface area (TPSA) is 77.0 Å². The van der Waals surface area contributed by atoms with Crippen LogP contribution in [0.15, 0.2) is 65.8 Å². The molecule has 0 saturated carbocycles. The molecule has 32 heavy (non-hydrogen) atoms. The standard InChI is InChI=1S/C24H20Cl2N2O4/c1-3-31-22-12-16(14-27-28-23(29)17-7-4-15(2)5-8-17)6-11-21(22)32-24(30)19-10-9-18(25)13-20(19)26/h4-14H,3H2,1-2H3,(H,28,29)/b27-14-. The van der Waals surface area contributed by atoms with Crippen LogP contribution in [0.5, 0.6) is 11.5 Å². The summed E-state index contributed by atoms with van der Waals surface area (Å²) in [6.07, 6.45) is 1.47. The third kappa shape index (κ3) is 6.09. The molecule has 0 aliphatic rings. The van der Waals surface area contributed by atoms with Crippen LogP contribution in [-0.2, 0) is 0 Å². The number of hydrogen-bond acceptors (Lipinski definition) is 5. The fraction of sp³-hybridized carbons (Fsp3) is 0.125. The third-order valence-electron chi connectivity index (χ3n) is 4.31. The summed E-state index contributed by atoms with van der Waals surface area (Å²) < 4.78 is 11.1. The second-order valence-electron chi connectivity index (χ2n) is 6.72. The van der Waals surface area contributed by atoms with Gasteiger partial charge in [-0.15, -0.1) is 0 Å². The van der Waals surface area contributed by atoms with Gasteiger partial charge in [0.2, 0.25) is 0 Å². The molecule has 3 aromatic carbocycles. The van der Waals surface area contributed by atoms with E-state index in [0.29, 0.717) is 28.5 Å². The van der Waals surface area contributed by atoms with Gasteiger partial charge in [-0.2, -0.15) is 5.10 Å². The Bertz CT molecular complexity index is 1160. The minimum Gasteiger partial charge on any atom is -0.490 e. The van der Waals surface area contributed by atoms with E-state index in [4.69, 9.17) is 32.7 Å². The molecule has 1 amide bonds. The summed E-state index contributed by atoms with van der Waals surface area (Å²) >= 11 is 12.0. The highest BCUT2D eigenvalue weighted by atomic mass is 35.5. The highest BCUT2D eigenvalue weighted by Gasteiger charge is 2.16. The monoisotopic (exact) mass is 470 g/mol. The lowest BCUT2D eigenvalue weighted by Gasteiger charge is -2.12. The van der Waals surface area contributed by atoms with Gasteiger partial charge in [0.05, 0.1) is 23.4 Å². The van der Waals surface area contributed by atoms with E-state index in [1.54, 1.807) is 36.4 Å². The maximum absolute atomic E-state index is 12.5. The Morgan fingerprint density at radius 2 is 1.75 bits per heavy atom. The van der Waals surface area contributed by atoms with Crippen LogP contribution in [0.4, 0.5) is 0 Å². The van der Waals surface area contributed by atoms with E-state index in [1.165, 1.54) is 18.3 Å². The molecule has 8 heteroatoms. The Labute approximate surface area is 195 Å². The second-order valence-corrected chi connectivity index (χ2v) is 7.56. The number of benzene rings is 3. The van der Waals surface area contributed by atoms with E-state index in [9.17, 15) is 9.59 Å². The van der Waals surface area contributed by atoms with Crippen LogP contribution >= 0.6 is 23.2 Å². The molecule has 0 spiro atoms. The molecule has 0 radical (unpaired) electrons. The fourth-order valence-electron chi connectivity index (χ4n) is 2.70. The minimum absolute atomic E-state index is 0.183. The van der Waals surface area contributed by atoms with Gasteiger partial charge in [-0.25, -0.2) is 10.2 Å². The Morgan fingerprint density at radius 1 is 1.00 bits per heavy atom. The minimum atomic E-state index is -0.639. The van der Waals surface area contributed by atoms with Gasteiger partial charge >= 0.3 is 5.97 Å². The Balaban J connectivity index is 1.72. The Morgan fingerprint density at radius 3 is 2.44 bits per heavy atom. The maximum Gasteiger partial charge on any atom is 0.345 e. The summed E-state index contributed by atoms with van der Waals surface area (Å²) in [5.41, 5.74) is 4.87. The molecule has 0 bridgehead atoms. The highest BCUT2D eigenvalue weighted by Crippen LogP contribution is 2.30. The number of carbonyl (C=O) groups excluding carboxylic acids is 2. The summed E-state index contributed by atoms with van der Waals surface area (Å²) in [7, 11) is 0. The normalized spacial score (nSPS) is 10.8. The summed E-state index contributed by atoms with van der Waals surface area (Å²) in [5.74, 6) is -0.389. The zero-order valence-corrected chi connectivity index (χ0v) is 18.9. The number of aryl methyl sites for hydroxylation is 1. The second kappa shape index (κ2) is 10.8. The number of esters is 1. The number of ether oxygens (including phenoxy) is 2. The predicted molar refractivity (Wildman–Crippen MR) is 125 cm³/mol. The first-order valence-electron chi connectivity index (χ1n) is 9.71. The molecular formula is C24H20Cl2N2O4. The molecular weight excluding hydrogens is 451 g/mol. The fourth-order valence-corrected chi connectivity index (χ4v) is 3.19. The molecule has 1 N–H and O–H groups in total. The van der Waals surface area contributed by atoms with Crippen molar-refractivity contribution in [3.63, 3.8) is 0 Å². The van der Waals surface area contributed by atoms with Gasteiger partial charge < -0.3 is 9.47 Å². The quantitative estimate of drug-likeness (QED) is 0.208. The van der Waals surface area contributed by atoms with Crippen LogP contribution in [0.2, 0.25) is 10.0 Å². The van der Waals surface area contributed by atoms with E-state index in [2.05, 4.69) is 10.5 Å². The summed E-state index contributed by atoms with van der Waals surface area (Å²) in [6.45, 7) is 4.11. The molecule has 0 aliphatic heterocycles. The van der Waals surface area contributed by atoms with E-state index in [1.807, 2.05) is 26.0 Å². The van der Waals surface area contributed by atoms with E-state index < -0.39 is 5.97 Å². The van der Waals surface area contributed by atoms with Crippen LogP contribution < -0.4 is 14.9 Å². The van der Waals surface area contributed by atoms with E-state index in [-0.39, 0.29) is 22.2 Å². The van der Waals surface area contributed by atoms with Crippen LogP contribution in [-0.4, -0.2) is 24.7 Å². The van der Waals surface area contributed by atoms with Crippen molar-refractivity contribution in [2.45, 2.75) is 13.8 Å². The number of carbonyl (C=O) groups is 2. The van der Waals surface area contributed by atoms with Crippen molar-refractivity contribution in [2.24, 2.45) is 5.10 Å². The van der Waals surface area contributed by atoms with Crippen molar-refractivity contribution in [2.75, 3.05) is 6.61 Å². The van der Waals surface area contributed by atoms with Crippen LogP contribution in [0.1, 0.15) is 38.8 Å². The molecule has 0 unspecified atom stereocenters. The molecule has 0 saturated heterocycles. The number of amides is 1. The first-order chi connectivity index (χ1) is 15.4. The average Bonchev–Trinajstić information content (AvgIpc) is 2.76. The molecule has 6 nitrogen and oxygen atoms in total. The molecule has 3 aromatic rings. The predicted octanol–water partition coefficient (Wildman–Crippen LogP) is 5.68. The molecule has 164 valence electrons. The summed E-state index contributed by atoms with van der Waals surface area (Å²) in [5, 5.41) is 4.59. The van der Waals surface area contributed by atoms with Gasteiger partial charge in [0, 0.05) is 10.6 Å². The van der Waals surface area contributed by atoms with Crippen molar-refractivity contribution in [3.05, 3.63) is 93.0 Å². The molecule has 0 fully saturated rings. The summed E-state index contributed by atoms with van der Waals surface area (Å²) in [4.78, 5) is 24.7. The smallest absolute Gasteiger partial charge is 0.345 e. The number of halogens is 2. The average molecular weight is 471 g/mol. The van der Waals surface area contributed by atoms with Gasteiger partial charge in [0.1, 0.15) is 0 Å².